The number of aliphatic hydroxyl groups is 1. The van der Waals surface area contributed by atoms with Crippen LogP contribution in [0.1, 0.15) is 36.0 Å². The molecule has 0 saturated carbocycles. The Morgan fingerprint density at radius 3 is 1.91 bits per heavy atom. The highest BCUT2D eigenvalue weighted by Crippen LogP contribution is 2.43. The lowest BCUT2D eigenvalue weighted by molar-refractivity contribution is -0.268. The lowest BCUT2D eigenvalue weighted by Gasteiger charge is -2.41. The summed E-state index contributed by atoms with van der Waals surface area (Å²) in [5, 5.41) is 15.3. The second-order valence-corrected chi connectivity index (χ2v) is 12.2. The van der Waals surface area contributed by atoms with Crippen LogP contribution in [-0.4, -0.2) is 23.0 Å². The van der Waals surface area contributed by atoms with Crippen molar-refractivity contribution in [3.63, 3.8) is 0 Å². The molecule has 3 N–H and O–H groups in total. The Morgan fingerprint density at radius 1 is 0.717 bits per heavy atom. The minimum atomic E-state index is -0.584. The third kappa shape index (κ3) is 8.16. The van der Waals surface area contributed by atoms with Gasteiger partial charge in [-0.25, -0.2) is 4.79 Å². The highest BCUT2D eigenvalue weighted by molar-refractivity contribution is 7.99. The van der Waals surface area contributed by atoms with Gasteiger partial charge in [-0.2, -0.15) is 0 Å². The van der Waals surface area contributed by atoms with Gasteiger partial charge in [0.05, 0.1) is 18.8 Å². The van der Waals surface area contributed by atoms with Crippen LogP contribution in [0.5, 0.6) is 11.5 Å². The molecule has 0 aliphatic carbocycles. The Labute approximate surface area is 273 Å². The van der Waals surface area contributed by atoms with E-state index in [4.69, 9.17) is 14.2 Å². The van der Waals surface area contributed by atoms with Gasteiger partial charge in [-0.1, -0.05) is 79.7 Å². The van der Waals surface area contributed by atoms with Crippen molar-refractivity contribution in [2.75, 3.05) is 16.4 Å². The molecule has 0 spiro atoms. The smallest absolute Gasteiger partial charge is 0.323 e. The number of ether oxygens (including phenoxy) is 3. The predicted octanol–water partition coefficient (Wildman–Crippen LogP) is 9.20. The van der Waals surface area contributed by atoms with Gasteiger partial charge >= 0.3 is 6.03 Å². The van der Waals surface area contributed by atoms with Crippen molar-refractivity contribution < 1.29 is 24.1 Å². The Kier molecular flexibility index (Phi) is 10.3. The number of carbonyl (C=O) groups is 1. The maximum Gasteiger partial charge on any atom is 0.323 e. The topological polar surface area (TPSA) is 89.1 Å². The summed E-state index contributed by atoms with van der Waals surface area (Å²) in [4.78, 5) is 13.9. The van der Waals surface area contributed by atoms with Gasteiger partial charge < -0.3 is 30.0 Å². The molecule has 1 aliphatic heterocycles. The van der Waals surface area contributed by atoms with Crippen LogP contribution in [0, 0.1) is 5.92 Å². The fourth-order valence-electron chi connectivity index (χ4n) is 5.25. The minimum absolute atomic E-state index is 0.00215. The third-order valence-corrected chi connectivity index (χ3v) is 8.91. The highest BCUT2D eigenvalue weighted by atomic mass is 32.2. The molecule has 8 heteroatoms. The number of para-hydroxylation sites is 1. The van der Waals surface area contributed by atoms with E-state index in [1.807, 2.05) is 109 Å². The number of benzene rings is 5. The number of hydrogen-bond acceptors (Lipinski definition) is 6. The molecule has 234 valence electrons. The second kappa shape index (κ2) is 15.1. The fraction of sp³-hybridized carbons (Fsp3) is 0.184. The summed E-state index contributed by atoms with van der Waals surface area (Å²) in [7, 11) is 0. The van der Waals surface area contributed by atoms with Gasteiger partial charge in [0.1, 0.15) is 11.5 Å². The molecule has 5 aromatic rings. The van der Waals surface area contributed by atoms with Crippen LogP contribution in [-0.2, 0) is 16.1 Å². The van der Waals surface area contributed by atoms with Gasteiger partial charge in [-0.15, -0.1) is 11.8 Å². The molecule has 1 aliphatic rings. The van der Waals surface area contributed by atoms with Crippen LogP contribution in [0.25, 0.3) is 0 Å². The van der Waals surface area contributed by atoms with E-state index in [-0.39, 0.29) is 30.8 Å². The molecule has 0 aromatic heterocycles. The van der Waals surface area contributed by atoms with Crippen molar-refractivity contribution in [3.8, 4) is 11.5 Å². The molecule has 6 rings (SSSR count). The standard InChI is InChI=1S/C38H36N2O5S/c1-26-35(25-46-34-10-6-3-7-11-34)44-37(45-36(26)28-14-12-27(24-41)13-15-28)29-16-18-30(19-17-29)39-38(42)40-31-20-22-33(23-21-31)43-32-8-4-2-5-9-32/h2-23,26,35-37,41H,24-25H2,1H3,(H2,39,40,42)/t26-,35+,36+,37+/m0/s1. The summed E-state index contributed by atoms with van der Waals surface area (Å²) >= 11 is 1.77. The van der Waals surface area contributed by atoms with E-state index >= 15 is 0 Å². The van der Waals surface area contributed by atoms with Gasteiger partial charge in [0.15, 0.2) is 6.29 Å². The van der Waals surface area contributed by atoms with E-state index in [0.29, 0.717) is 17.1 Å². The summed E-state index contributed by atoms with van der Waals surface area (Å²) in [6, 6.07) is 42.1. The zero-order valence-corrected chi connectivity index (χ0v) is 26.2. The largest absolute Gasteiger partial charge is 0.457 e. The second-order valence-electron chi connectivity index (χ2n) is 11.1. The zero-order valence-electron chi connectivity index (χ0n) is 25.4. The molecule has 46 heavy (non-hydrogen) atoms. The molecule has 4 atom stereocenters. The molecular formula is C38H36N2O5S. The van der Waals surface area contributed by atoms with Crippen molar-refractivity contribution in [1.82, 2.24) is 0 Å². The Hall–Kier alpha value is -4.60. The summed E-state index contributed by atoms with van der Waals surface area (Å²) in [5.74, 6) is 2.29. The molecule has 7 nitrogen and oxygen atoms in total. The molecule has 0 bridgehead atoms. The Bertz CT molecular complexity index is 1680. The number of amides is 2. The predicted molar refractivity (Wildman–Crippen MR) is 182 cm³/mol. The van der Waals surface area contributed by atoms with Crippen molar-refractivity contribution in [2.45, 2.75) is 36.9 Å². The number of carbonyl (C=O) groups excluding carboxylic acids is 1. The van der Waals surface area contributed by atoms with E-state index in [9.17, 15) is 9.90 Å². The van der Waals surface area contributed by atoms with Crippen molar-refractivity contribution in [2.24, 2.45) is 5.92 Å². The van der Waals surface area contributed by atoms with Crippen LogP contribution in [0.3, 0.4) is 0 Å². The van der Waals surface area contributed by atoms with E-state index < -0.39 is 6.29 Å². The first kappa shape index (κ1) is 31.4. The first-order valence-electron chi connectivity index (χ1n) is 15.2. The van der Waals surface area contributed by atoms with Crippen LogP contribution < -0.4 is 15.4 Å². The molecule has 0 unspecified atom stereocenters. The number of anilines is 2. The molecular weight excluding hydrogens is 596 g/mol. The van der Waals surface area contributed by atoms with E-state index in [1.165, 1.54) is 4.90 Å². The first-order chi connectivity index (χ1) is 22.5. The van der Waals surface area contributed by atoms with Crippen LogP contribution >= 0.6 is 11.8 Å². The fourth-order valence-corrected chi connectivity index (χ4v) is 6.34. The quantitative estimate of drug-likeness (QED) is 0.133. The van der Waals surface area contributed by atoms with Crippen molar-refractivity contribution >= 4 is 29.2 Å². The third-order valence-electron chi connectivity index (χ3n) is 7.81. The number of aliphatic hydroxyl groups excluding tert-OH is 1. The summed E-state index contributed by atoms with van der Waals surface area (Å²) in [6.45, 7) is 2.16. The van der Waals surface area contributed by atoms with Gasteiger partial charge in [0.2, 0.25) is 0 Å². The molecule has 1 saturated heterocycles. The SMILES string of the molecule is C[C@H]1[C@@H](CSc2ccccc2)O[C@@H](c2ccc(NC(=O)Nc3ccc(Oc4ccccc4)cc3)cc2)O[C@H]1c1ccc(CO)cc1. The van der Waals surface area contributed by atoms with Crippen molar-refractivity contribution in [3.05, 3.63) is 150 Å². The van der Waals surface area contributed by atoms with Gasteiger partial charge in [0, 0.05) is 33.5 Å². The number of urea groups is 1. The number of rotatable bonds is 10. The van der Waals surface area contributed by atoms with Gasteiger partial charge in [0.25, 0.3) is 0 Å². The zero-order chi connectivity index (χ0) is 31.7. The first-order valence-corrected chi connectivity index (χ1v) is 16.2. The molecule has 5 aromatic carbocycles. The average molecular weight is 633 g/mol. The molecule has 1 fully saturated rings. The molecule has 0 radical (unpaired) electrons. The number of hydrogen-bond donors (Lipinski definition) is 3. The maximum atomic E-state index is 12.7. The monoisotopic (exact) mass is 632 g/mol. The van der Waals surface area contributed by atoms with Crippen LogP contribution in [0.2, 0.25) is 0 Å². The van der Waals surface area contributed by atoms with Crippen molar-refractivity contribution in [1.29, 1.82) is 0 Å². The Morgan fingerprint density at radius 2 is 1.28 bits per heavy atom. The summed E-state index contributed by atoms with van der Waals surface area (Å²) in [6.07, 6.45) is -0.847. The van der Waals surface area contributed by atoms with Crippen LogP contribution in [0.4, 0.5) is 16.2 Å². The van der Waals surface area contributed by atoms with E-state index in [2.05, 4.69) is 29.7 Å². The molecule has 2 amide bonds. The maximum absolute atomic E-state index is 12.7. The normalized spacial score (nSPS) is 19.3. The lowest BCUT2D eigenvalue weighted by atomic mass is 9.91. The minimum Gasteiger partial charge on any atom is -0.457 e. The van der Waals surface area contributed by atoms with Gasteiger partial charge in [-0.3, -0.25) is 0 Å². The summed E-state index contributed by atoms with van der Waals surface area (Å²) < 4.78 is 19.0. The van der Waals surface area contributed by atoms with Gasteiger partial charge in [-0.05, 0) is 71.8 Å². The molecule has 1 heterocycles. The summed E-state index contributed by atoms with van der Waals surface area (Å²) in [5.41, 5.74) is 4.05. The van der Waals surface area contributed by atoms with Crippen LogP contribution in [0.15, 0.2) is 138 Å². The highest BCUT2D eigenvalue weighted by Gasteiger charge is 2.38. The van der Waals surface area contributed by atoms with E-state index in [0.717, 1.165) is 28.2 Å². The number of thioether (sulfide) groups is 1. The Balaban J connectivity index is 1.10. The van der Waals surface area contributed by atoms with E-state index in [1.54, 1.807) is 23.9 Å². The number of nitrogens with one attached hydrogen (secondary N) is 2. The average Bonchev–Trinajstić information content (AvgIpc) is 3.10. The lowest BCUT2D eigenvalue weighted by Crippen LogP contribution is -2.38.